The van der Waals surface area contributed by atoms with Gasteiger partial charge in [0.1, 0.15) is 0 Å². The first-order valence-corrected chi connectivity index (χ1v) is 6.84. The van der Waals surface area contributed by atoms with Gasteiger partial charge < -0.3 is 4.90 Å². The van der Waals surface area contributed by atoms with Crippen molar-refractivity contribution >= 4 is 18.2 Å². The lowest BCUT2D eigenvalue weighted by atomic mass is 9.85. The molecule has 0 spiro atoms. The van der Waals surface area contributed by atoms with Crippen molar-refractivity contribution in [1.82, 2.24) is 14.8 Å². The van der Waals surface area contributed by atoms with Crippen LogP contribution in [0.2, 0.25) is 0 Å². The predicted octanol–water partition coefficient (Wildman–Crippen LogP) is 2.98. The van der Waals surface area contributed by atoms with Crippen molar-refractivity contribution in [3.05, 3.63) is 4.77 Å². The highest BCUT2D eigenvalue weighted by molar-refractivity contribution is 7.71. The summed E-state index contributed by atoms with van der Waals surface area (Å²) in [6.07, 6.45) is 3.74. The molecule has 1 N–H and O–H groups in total. The third kappa shape index (κ3) is 2.70. The van der Waals surface area contributed by atoms with Gasteiger partial charge in [-0.25, -0.2) is 5.10 Å². The van der Waals surface area contributed by atoms with Gasteiger partial charge in [-0.15, -0.1) is 5.10 Å². The highest BCUT2D eigenvalue weighted by Gasteiger charge is 2.25. The van der Waals surface area contributed by atoms with Crippen LogP contribution in [-0.2, 0) is 6.54 Å². The quantitative estimate of drug-likeness (QED) is 0.824. The van der Waals surface area contributed by atoms with Gasteiger partial charge in [-0.05, 0) is 43.8 Å². The molecule has 96 valence electrons. The Morgan fingerprint density at radius 1 is 1.35 bits per heavy atom. The predicted molar refractivity (Wildman–Crippen MR) is 72.9 cm³/mol. The van der Waals surface area contributed by atoms with E-state index in [1.807, 2.05) is 0 Å². The monoisotopic (exact) mass is 254 g/mol. The first kappa shape index (κ1) is 12.6. The fourth-order valence-corrected chi connectivity index (χ4v) is 2.72. The van der Waals surface area contributed by atoms with Crippen LogP contribution in [0.25, 0.3) is 0 Å². The van der Waals surface area contributed by atoms with E-state index in [0.717, 1.165) is 30.4 Å². The molecule has 0 amide bonds. The van der Waals surface area contributed by atoms with Crippen LogP contribution in [0.4, 0.5) is 5.95 Å². The Labute approximate surface area is 108 Å². The van der Waals surface area contributed by atoms with E-state index in [1.165, 1.54) is 19.3 Å². The topological polar surface area (TPSA) is 36.9 Å². The Bertz CT molecular complexity index is 432. The van der Waals surface area contributed by atoms with Gasteiger partial charge in [0.05, 0.1) is 0 Å². The molecule has 1 aliphatic rings. The highest BCUT2D eigenvalue weighted by Crippen LogP contribution is 2.31. The van der Waals surface area contributed by atoms with Crippen LogP contribution in [0.5, 0.6) is 0 Å². The molecule has 0 bridgehead atoms. The van der Waals surface area contributed by atoms with E-state index in [0.29, 0.717) is 5.41 Å². The number of anilines is 1. The second-order valence-corrected chi connectivity index (χ2v) is 5.96. The maximum absolute atomic E-state index is 5.24. The summed E-state index contributed by atoms with van der Waals surface area (Å²) >= 11 is 5.24. The third-order valence-electron chi connectivity index (χ3n) is 3.68. The summed E-state index contributed by atoms with van der Waals surface area (Å²) in [7, 11) is 0. The maximum Gasteiger partial charge on any atom is 0.225 e. The Morgan fingerprint density at radius 3 is 2.82 bits per heavy atom. The Kier molecular flexibility index (Phi) is 3.56. The molecule has 1 aromatic heterocycles. The molecule has 2 rings (SSSR count). The molecule has 4 nitrogen and oxygen atoms in total. The molecule has 0 aromatic carbocycles. The lowest BCUT2D eigenvalue weighted by Crippen LogP contribution is -2.28. The van der Waals surface area contributed by atoms with Crippen LogP contribution in [0.3, 0.4) is 0 Å². The summed E-state index contributed by atoms with van der Waals surface area (Å²) in [5.41, 5.74) is 0.457. The van der Waals surface area contributed by atoms with Crippen molar-refractivity contribution in [2.75, 3.05) is 18.0 Å². The summed E-state index contributed by atoms with van der Waals surface area (Å²) in [5, 5.41) is 7.27. The normalized spacial score (nSPS) is 20.3. The minimum absolute atomic E-state index is 0.457. The van der Waals surface area contributed by atoms with Gasteiger partial charge in [0.15, 0.2) is 4.77 Å². The Balaban J connectivity index is 2.20. The van der Waals surface area contributed by atoms with Crippen molar-refractivity contribution < 1.29 is 0 Å². The molecule has 1 aliphatic heterocycles. The first-order valence-electron chi connectivity index (χ1n) is 6.44. The molecule has 1 aromatic rings. The number of hydrogen-bond donors (Lipinski definition) is 1. The van der Waals surface area contributed by atoms with Crippen LogP contribution >= 0.6 is 12.2 Å². The molecule has 2 heterocycles. The van der Waals surface area contributed by atoms with Gasteiger partial charge in [0.2, 0.25) is 5.95 Å². The van der Waals surface area contributed by atoms with Crippen LogP contribution in [0.1, 0.15) is 40.0 Å². The van der Waals surface area contributed by atoms with E-state index in [4.69, 9.17) is 12.2 Å². The molecule has 0 saturated carbocycles. The Hall–Kier alpha value is -0.840. The van der Waals surface area contributed by atoms with Gasteiger partial charge in [-0.2, -0.15) is 0 Å². The number of aromatic nitrogens is 3. The minimum atomic E-state index is 0.457. The molecule has 1 saturated heterocycles. The van der Waals surface area contributed by atoms with Crippen molar-refractivity contribution in [1.29, 1.82) is 0 Å². The third-order valence-corrected chi connectivity index (χ3v) is 3.99. The Morgan fingerprint density at radius 2 is 2.12 bits per heavy atom. The van der Waals surface area contributed by atoms with Gasteiger partial charge in [-0.1, -0.05) is 13.8 Å². The summed E-state index contributed by atoms with van der Waals surface area (Å²) in [6.45, 7) is 9.86. The molecule has 0 unspecified atom stereocenters. The summed E-state index contributed by atoms with van der Waals surface area (Å²) in [5.74, 6) is 1.01. The molecular weight excluding hydrogens is 232 g/mol. The van der Waals surface area contributed by atoms with E-state index in [-0.39, 0.29) is 0 Å². The second-order valence-electron chi connectivity index (χ2n) is 5.58. The minimum Gasteiger partial charge on any atom is -0.341 e. The molecule has 0 atom stereocenters. The molecular formula is C12H22N4S. The zero-order valence-electron chi connectivity index (χ0n) is 11.0. The standard InChI is InChI=1S/C12H22N4S/c1-4-16-10(13-14-11(16)17)15-8-5-6-12(2,3)7-9-15/h4-9H2,1-3H3,(H,14,17). The lowest BCUT2D eigenvalue weighted by Gasteiger charge is -2.23. The zero-order chi connectivity index (χ0) is 12.5. The van der Waals surface area contributed by atoms with Crippen LogP contribution in [0.15, 0.2) is 0 Å². The van der Waals surface area contributed by atoms with E-state index < -0.39 is 0 Å². The summed E-state index contributed by atoms with van der Waals surface area (Å²) in [4.78, 5) is 2.37. The van der Waals surface area contributed by atoms with Gasteiger partial charge >= 0.3 is 0 Å². The smallest absolute Gasteiger partial charge is 0.225 e. The zero-order valence-corrected chi connectivity index (χ0v) is 11.8. The van der Waals surface area contributed by atoms with Gasteiger partial charge in [-0.3, -0.25) is 4.57 Å². The van der Waals surface area contributed by atoms with E-state index in [1.54, 1.807) is 0 Å². The number of hydrogen-bond acceptors (Lipinski definition) is 3. The molecule has 0 radical (unpaired) electrons. The maximum atomic E-state index is 5.24. The fourth-order valence-electron chi connectivity index (χ4n) is 2.46. The van der Waals surface area contributed by atoms with Crippen molar-refractivity contribution in [3.8, 4) is 0 Å². The first-order chi connectivity index (χ1) is 8.03. The highest BCUT2D eigenvalue weighted by atomic mass is 32.1. The second kappa shape index (κ2) is 4.80. The lowest BCUT2D eigenvalue weighted by molar-refractivity contribution is 0.325. The van der Waals surface area contributed by atoms with Crippen LogP contribution in [-0.4, -0.2) is 27.9 Å². The van der Waals surface area contributed by atoms with Gasteiger partial charge in [0, 0.05) is 19.6 Å². The average molecular weight is 254 g/mol. The number of H-pyrrole nitrogens is 1. The fraction of sp³-hybridized carbons (Fsp3) is 0.833. The average Bonchev–Trinajstić information content (AvgIpc) is 2.54. The number of aromatic amines is 1. The van der Waals surface area contributed by atoms with Crippen molar-refractivity contribution in [3.63, 3.8) is 0 Å². The number of nitrogens with one attached hydrogen (secondary N) is 1. The summed E-state index contributed by atoms with van der Waals surface area (Å²) < 4.78 is 2.80. The van der Waals surface area contributed by atoms with E-state index >= 15 is 0 Å². The number of rotatable bonds is 2. The SMILES string of the molecule is CCn1c(N2CCCC(C)(C)CC2)n[nH]c1=S. The molecule has 0 aliphatic carbocycles. The van der Waals surface area contributed by atoms with Crippen molar-refractivity contribution in [2.45, 2.75) is 46.6 Å². The van der Waals surface area contributed by atoms with Crippen LogP contribution in [0, 0.1) is 10.2 Å². The molecule has 5 heteroatoms. The van der Waals surface area contributed by atoms with Crippen LogP contribution < -0.4 is 4.90 Å². The summed E-state index contributed by atoms with van der Waals surface area (Å²) in [6, 6.07) is 0. The van der Waals surface area contributed by atoms with Gasteiger partial charge in [0.25, 0.3) is 0 Å². The van der Waals surface area contributed by atoms with E-state index in [9.17, 15) is 0 Å². The van der Waals surface area contributed by atoms with Crippen molar-refractivity contribution in [2.24, 2.45) is 5.41 Å². The molecule has 17 heavy (non-hydrogen) atoms. The van der Waals surface area contributed by atoms with E-state index in [2.05, 4.69) is 40.4 Å². The number of nitrogens with zero attached hydrogens (tertiary/aromatic N) is 3. The molecule has 1 fully saturated rings. The largest absolute Gasteiger partial charge is 0.341 e.